The van der Waals surface area contributed by atoms with Crippen molar-refractivity contribution in [1.82, 2.24) is 9.97 Å². The van der Waals surface area contributed by atoms with Crippen molar-refractivity contribution in [1.29, 1.82) is 0 Å². The third-order valence-electron chi connectivity index (χ3n) is 3.04. The molecule has 2 nitrogen and oxygen atoms in total. The van der Waals surface area contributed by atoms with E-state index in [1.807, 2.05) is 0 Å². The molecule has 6 heteroatoms. The van der Waals surface area contributed by atoms with Crippen molar-refractivity contribution in [3.63, 3.8) is 0 Å². The van der Waals surface area contributed by atoms with Crippen LogP contribution in [0.5, 0.6) is 0 Å². The van der Waals surface area contributed by atoms with Gasteiger partial charge in [-0.1, -0.05) is 29.8 Å². The summed E-state index contributed by atoms with van der Waals surface area (Å²) in [7, 11) is 0. The molecule has 0 saturated heterocycles. The highest BCUT2D eigenvalue weighted by atomic mass is 35.5. The second-order valence-corrected chi connectivity index (χ2v) is 4.82. The van der Waals surface area contributed by atoms with Gasteiger partial charge in [-0.2, -0.15) is 13.2 Å². The molecule has 0 amide bonds. The number of alkyl halides is 3. The summed E-state index contributed by atoms with van der Waals surface area (Å²) in [6.07, 6.45) is -2.84. The molecule has 3 aromatic rings. The summed E-state index contributed by atoms with van der Waals surface area (Å²) in [6.45, 7) is 0. The van der Waals surface area contributed by atoms with E-state index in [2.05, 4.69) is 9.97 Å². The Morgan fingerprint density at radius 2 is 1.81 bits per heavy atom. The SMILES string of the molecule is FC(F)(F)c1cc(Cl)nc(-c2cccc3ncccc23)c1. The van der Waals surface area contributed by atoms with Gasteiger partial charge in [-0.05, 0) is 24.3 Å². The van der Waals surface area contributed by atoms with Crippen molar-refractivity contribution in [2.75, 3.05) is 0 Å². The lowest BCUT2D eigenvalue weighted by Crippen LogP contribution is -2.06. The quantitative estimate of drug-likeness (QED) is 0.593. The molecule has 0 aliphatic carbocycles. The largest absolute Gasteiger partial charge is 0.416 e. The summed E-state index contributed by atoms with van der Waals surface area (Å²) in [6, 6.07) is 10.5. The first-order chi connectivity index (χ1) is 9.95. The van der Waals surface area contributed by atoms with Gasteiger partial charge in [0.05, 0.1) is 16.8 Å². The lowest BCUT2D eigenvalue weighted by molar-refractivity contribution is -0.137. The number of nitrogens with zero attached hydrogens (tertiary/aromatic N) is 2. The Kier molecular flexibility index (Phi) is 3.29. The molecule has 0 radical (unpaired) electrons. The van der Waals surface area contributed by atoms with Crippen molar-refractivity contribution < 1.29 is 13.2 Å². The molecule has 2 heterocycles. The van der Waals surface area contributed by atoms with E-state index in [1.54, 1.807) is 36.5 Å². The lowest BCUT2D eigenvalue weighted by Gasteiger charge is -2.10. The second-order valence-electron chi connectivity index (χ2n) is 4.44. The van der Waals surface area contributed by atoms with E-state index in [-0.39, 0.29) is 10.8 Å². The molecule has 106 valence electrons. The Bertz CT molecular complexity index is 810. The first-order valence-corrected chi connectivity index (χ1v) is 6.42. The van der Waals surface area contributed by atoms with Crippen LogP contribution in [-0.4, -0.2) is 9.97 Å². The van der Waals surface area contributed by atoms with Gasteiger partial charge in [0, 0.05) is 17.1 Å². The zero-order valence-corrected chi connectivity index (χ0v) is 11.3. The molecule has 0 aliphatic heterocycles. The smallest absolute Gasteiger partial charge is 0.256 e. The highest BCUT2D eigenvalue weighted by molar-refractivity contribution is 6.29. The van der Waals surface area contributed by atoms with E-state index < -0.39 is 11.7 Å². The monoisotopic (exact) mass is 308 g/mol. The number of benzene rings is 1. The fourth-order valence-corrected chi connectivity index (χ4v) is 2.33. The maximum absolute atomic E-state index is 12.9. The van der Waals surface area contributed by atoms with Gasteiger partial charge < -0.3 is 0 Å². The van der Waals surface area contributed by atoms with E-state index in [4.69, 9.17) is 11.6 Å². The summed E-state index contributed by atoms with van der Waals surface area (Å²) >= 11 is 5.73. The van der Waals surface area contributed by atoms with Crippen LogP contribution in [0.4, 0.5) is 13.2 Å². The van der Waals surface area contributed by atoms with Crippen molar-refractivity contribution >= 4 is 22.5 Å². The highest BCUT2D eigenvalue weighted by Crippen LogP contribution is 2.34. The van der Waals surface area contributed by atoms with E-state index in [1.165, 1.54) is 0 Å². The fraction of sp³-hybridized carbons (Fsp3) is 0.0667. The number of halogens is 4. The van der Waals surface area contributed by atoms with Gasteiger partial charge in [-0.15, -0.1) is 0 Å². The molecule has 1 aromatic carbocycles. The minimum atomic E-state index is -4.47. The third kappa shape index (κ3) is 2.69. The molecule has 2 aromatic heterocycles. The topological polar surface area (TPSA) is 25.8 Å². The van der Waals surface area contributed by atoms with E-state index >= 15 is 0 Å². The Balaban J connectivity index is 2.26. The van der Waals surface area contributed by atoms with Gasteiger partial charge in [0.1, 0.15) is 5.15 Å². The maximum atomic E-state index is 12.9. The molecule has 0 aliphatic rings. The van der Waals surface area contributed by atoms with E-state index in [9.17, 15) is 13.2 Å². The average molecular weight is 309 g/mol. The molecule has 0 spiro atoms. The fourth-order valence-electron chi connectivity index (χ4n) is 2.13. The summed E-state index contributed by atoms with van der Waals surface area (Å²) in [5.74, 6) is 0. The van der Waals surface area contributed by atoms with Crippen LogP contribution in [0.2, 0.25) is 5.15 Å². The molecule has 0 bridgehead atoms. The molecule has 0 unspecified atom stereocenters. The van der Waals surface area contributed by atoms with Crippen LogP contribution in [0.15, 0.2) is 48.7 Å². The van der Waals surface area contributed by atoms with Crippen LogP contribution in [0.1, 0.15) is 5.56 Å². The maximum Gasteiger partial charge on any atom is 0.416 e. The number of aromatic nitrogens is 2. The van der Waals surface area contributed by atoms with Gasteiger partial charge in [0.15, 0.2) is 0 Å². The van der Waals surface area contributed by atoms with Crippen LogP contribution >= 0.6 is 11.6 Å². The molecule has 21 heavy (non-hydrogen) atoms. The zero-order valence-electron chi connectivity index (χ0n) is 10.5. The molecule has 3 rings (SSSR count). The Morgan fingerprint density at radius 1 is 1.00 bits per heavy atom. The molecule has 0 saturated carbocycles. The first kappa shape index (κ1) is 13.8. The average Bonchev–Trinajstić information content (AvgIpc) is 2.45. The summed E-state index contributed by atoms with van der Waals surface area (Å²) in [5, 5.41) is 0.531. The van der Waals surface area contributed by atoms with Crippen LogP contribution < -0.4 is 0 Å². The van der Waals surface area contributed by atoms with Gasteiger partial charge in [-0.3, -0.25) is 4.98 Å². The van der Waals surface area contributed by atoms with Crippen LogP contribution in [0.25, 0.3) is 22.2 Å². The van der Waals surface area contributed by atoms with Gasteiger partial charge in [0.25, 0.3) is 0 Å². The highest BCUT2D eigenvalue weighted by Gasteiger charge is 2.31. The van der Waals surface area contributed by atoms with Crippen molar-refractivity contribution in [2.24, 2.45) is 0 Å². The molecule has 0 atom stereocenters. The molecular weight excluding hydrogens is 301 g/mol. The third-order valence-corrected chi connectivity index (χ3v) is 3.24. The summed E-state index contributed by atoms with van der Waals surface area (Å²) in [4.78, 5) is 8.18. The minimum absolute atomic E-state index is 0.174. The number of fused-ring (bicyclic) bond motifs is 1. The predicted octanol–water partition coefficient (Wildman–Crippen LogP) is 4.97. The predicted molar refractivity (Wildman–Crippen MR) is 75.0 cm³/mol. The first-order valence-electron chi connectivity index (χ1n) is 6.04. The molecular formula is C15H8ClF3N2. The Hall–Kier alpha value is -2.14. The second kappa shape index (κ2) is 5.00. The summed E-state index contributed by atoms with van der Waals surface area (Å²) in [5.41, 5.74) is 0.603. The number of pyridine rings is 2. The van der Waals surface area contributed by atoms with Crippen LogP contribution in [0.3, 0.4) is 0 Å². The van der Waals surface area contributed by atoms with Crippen molar-refractivity contribution in [3.8, 4) is 11.3 Å². The van der Waals surface area contributed by atoms with Gasteiger partial charge in [0.2, 0.25) is 0 Å². The minimum Gasteiger partial charge on any atom is -0.256 e. The standard InChI is InChI=1S/C15H8ClF3N2/c16-14-8-9(15(17,18)19)7-13(21-14)11-3-1-5-12-10(11)4-2-6-20-12/h1-8H. The number of hydrogen-bond acceptors (Lipinski definition) is 2. The van der Waals surface area contributed by atoms with Crippen molar-refractivity contribution in [3.05, 3.63) is 59.4 Å². The Labute approximate surface area is 123 Å². The van der Waals surface area contributed by atoms with Gasteiger partial charge >= 0.3 is 6.18 Å². The van der Waals surface area contributed by atoms with Crippen molar-refractivity contribution in [2.45, 2.75) is 6.18 Å². The number of rotatable bonds is 1. The van der Waals surface area contributed by atoms with Crippen LogP contribution in [0, 0.1) is 0 Å². The number of hydrogen-bond donors (Lipinski definition) is 0. The normalized spacial score (nSPS) is 11.8. The Morgan fingerprint density at radius 3 is 2.57 bits per heavy atom. The van der Waals surface area contributed by atoms with Crippen LogP contribution in [-0.2, 0) is 6.18 Å². The molecule has 0 N–H and O–H groups in total. The van der Waals surface area contributed by atoms with E-state index in [0.29, 0.717) is 11.1 Å². The zero-order chi connectivity index (χ0) is 15.0. The summed E-state index contributed by atoms with van der Waals surface area (Å²) < 4.78 is 38.6. The van der Waals surface area contributed by atoms with E-state index in [0.717, 1.165) is 17.5 Å². The lowest BCUT2D eigenvalue weighted by atomic mass is 10.0. The molecule has 0 fully saturated rings. The van der Waals surface area contributed by atoms with Gasteiger partial charge in [-0.25, -0.2) is 4.98 Å².